The van der Waals surface area contributed by atoms with Crippen LogP contribution in [0.2, 0.25) is 5.02 Å². The predicted molar refractivity (Wildman–Crippen MR) is 90.2 cm³/mol. The number of fused-ring (bicyclic) bond motifs is 1. The van der Waals surface area contributed by atoms with Crippen molar-refractivity contribution < 1.29 is 19.2 Å². The lowest BCUT2D eigenvalue weighted by molar-refractivity contribution is -0.0586. The fraction of sp³-hybridized carbons (Fsp3) is 0.118. The largest absolute Gasteiger partial charge is 0.365 e. The van der Waals surface area contributed by atoms with Crippen molar-refractivity contribution in [2.24, 2.45) is 0 Å². The van der Waals surface area contributed by atoms with E-state index in [0.717, 1.165) is 5.75 Å². The normalized spacial score (nSPS) is 13.2. The van der Waals surface area contributed by atoms with Crippen LogP contribution in [0.4, 0.5) is 0 Å². The van der Waals surface area contributed by atoms with E-state index in [2.05, 4.69) is 0 Å². The lowest BCUT2D eigenvalue weighted by atomic mass is 10.1. The Morgan fingerprint density at radius 3 is 2.33 bits per heavy atom. The van der Waals surface area contributed by atoms with E-state index in [1.807, 2.05) is 6.92 Å². The number of nitrogens with zero attached hydrogens (tertiary/aromatic N) is 1. The molecule has 122 valence electrons. The lowest BCUT2D eigenvalue weighted by Gasteiger charge is -2.14. The van der Waals surface area contributed by atoms with Gasteiger partial charge in [-0.15, -0.1) is 11.8 Å². The maximum atomic E-state index is 12.4. The Morgan fingerprint density at radius 2 is 1.75 bits per heavy atom. The number of halogens is 1. The smallest absolute Gasteiger partial charge is 0.324 e. The highest BCUT2D eigenvalue weighted by Crippen LogP contribution is 2.28. The fourth-order valence-electron chi connectivity index (χ4n) is 2.32. The second-order valence-electron chi connectivity index (χ2n) is 4.90. The number of rotatable bonds is 4. The average Bonchev–Trinajstić information content (AvgIpc) is 2.81. The van der Waals surface area contributed by atoms with E-state index < -0.39 is 17.8 Å². The van der Waals surface area contributed by atoms with Crippen LogP contribution in [-0.4, -0.2) is 28.6 Å². The number of benzene rings is 2. The Bertz CT molecular complexity index is 817. The molecular formula is C17H12ClNO4S. The number of amides is 2. The molecule has 0 aliphatic carbocycles. The molecule has 24 heavy (non-hydrogen) atoms. The minimum atomic E-state index is -0.780. The van der Waals surface area contributed by atoms with Gasteiger partial charge in [0.1, 0.15) is 0 Å². The SMILES string of the molecule is CCSc1cc(Cl)ccc1C(=O)ON1C(=O)c2ccccc2C1=O. The van der Waals surface area contributed by atoms with E-state index in [0.29, 0.717) is 15.0 Å². The fourth-order valence-corrected chi connectivity index (χ4v) is 3.39. The van der Waals surface area contributed by atoms with Gasteiger partial charge in [0.05, 0.1) is 16.7 Å². The molecule has 2 aromatic rings. The Labute approximate surface area is 147 Å². The zero-order valence-electron chi connectivity index (χ0n) is 12.6. The van der Waals surface area contributed by atoms with Crippen molar-refractivity contribution in [3.05, 3.63) is 64.2 Å². The van der Waals surface area contributed by atoms with Gasteiger partial charge in [-0.3, -0.25) is 9.59 Å². The van der Waals surface area contributed by atoms with Gasteiger partial charge in [-0.1, -0.05) is 35.7 Å². The molecule has 0 fully saturated rings. The van der Waals surface area contributed by atoms with Crippen LogP contribution in [0.15, 0.2) is 47.4 Å². The molecule has 1 aliphatic heterocycles. The number of imide groups is 1. The molecule has 0 unspecified atom stereocenters. The molecule has 1 aliphatic rings. The summed E-state index contributed by atoms with van der Waals surface area (Å²) < 4.78 is 0. The Kier molecular flexibility index (Phi) is 4.59. The molecule has 0 atom stereocenters. The highest BCUT2D eigenvalue weighted by Gasteiger charge is 2.39. The second kappa shape index (κ2) is 6.67. The Morgan fingerprint density at radius 1 is 1.12 bits per heavy atom. The Hall–Kier alpha value is -2.31. The highest BCUT2D eigenvalue weighted by atomic mass is 35.5. The maximum Gasteiger partial charge on any atom is 0.365 e. The zero-order valence-corrected chi connectivity index (χ0v) is 14.2. The summed E-state index contributed by atoms with van der Waals surface area (Å²) in [6.45, 7) is 1.94. The first-order chi connectivity index (χ1) is 11.5. The van der Waals surface area contributed by atoms with E-state index in [-0.39, 0.29) is 16.7 Å². The highest BCUT2D eigenvalue weighted by molar-refractivity contribution is 7.99. The minimum Gasteiger partial charge on any atom is -0.324 e. The van der Waals surface area contributed by atoms with Crippen molar-refractivity contribution in [2.75, 3.05) is 5.75 Å². The number of carbonyl (C=O) groups is 3. The summed E-state index contributed by atoms with van der Waals surface area (Å²) in [4.78, 5) is 42.6. The summed E-state index contributed by atoms with van der Waals surface area (Å²) in [6.07, 6.45) is 0. The topological polar surface area (TPSA) is 63.7 Å². The molecule has 3 rings (SSSR count). The van der Waals surface area contributed by atoms with Gasteiger partial charge < -0.3 is 4.84 Å². The van der Waals surface area contributed by atoms with Gasteiger partial charge in [-0.25, -0.2) is 4.79 Å². The molecule has 0 bridgehead atoms. The summed E-state index contributed by atoms with van der Waals surface area (Å²) in [5, 5.41) is 0.991. The molecule has 0 saturated heterocycles. The van der Waals surface area contributed by atoms with Gasteiger partial charge in [-0.05, 0) is 36.1 Å². The van der Waals surface area contributed by atoms with Gasteiger partial charge in [0.2, 0.25) is 0 Å². The summed E-state index contributed by atoms with van der Waals surface area (Å²) in [7, 11) is 0. The first-order valence-electron chi connectivity index (χ1n) is 7.15. The second-order valence-corrected chi connectivity index (χ2v) is 6.64. The zero-order chi connectivity index (χ0) is 17.3. The molecule has 0 radical (unpaired) electrons. The number of hydrogen-bond acceptors (Lipinski definition) is 5. The lowest BCUT2D eigenvalue weighted by Crippen LogP contribution is -2.32. The van der Waals surface area contributed by atoms with Gasteiger partial charge in [0.25, 0.3) is 11.8 Å². The number of hydrogen-bond donors (Lipinski definition) is 0. The van der Waals surface area contributed by atoms with Crippen molar-refractivity contribution in [3.63, 3.8) is 0 Å². The van der Waals surface area contributed by atoms with Crippen LogP contribution in [0.3, 0.4) is 0 Å². The van der Waals surface area contributed by atoms with E-state index in [1.54, 1.807) is 24.3 Å². The van der Waals surface area contributed by atoms with Crippen LogP contribution in [0.25, 0.3) is 0 Å². The number of hydroxylamine groups is 2. The molecule has 0 spiro atoms. The summed E-state index contributed by atoms with van der Waals surface area (Å²) in [5.74, 6) is -1.35. The molecule has 2 amide bonds. The van der Waals surface area contributed by atoms with Crippen LogP contribution >= 0.6 is 23.4 Å². The maximum absolute atomic E-state index is 12.4. The van der Waals surface area contributed by atoms with Gasteiger partial charge in [0.15, 0.2) is 0 Å². The van der Waals surface area contributed by atoms with Crippen molar-refractivity contribution in [3.8, 4) is 0 Å². The van der Waals surface area contributed by atoms with Crippen LogP contribution in [0.1, 0.15) is 38.0 Å². The third-order valence-electron chi connectivity index (χ3n) is 3.39. The van der Waals surface area contributed by atoms with Crippen molar-refractivity contribution in [1.82, 2.24) is 5.06 Å². The van der Waals surface area contributed by atoms with Crippen molar-refractivity contribution >= 4 is 41.1 Å². The third kappa shape index (κ3) is 2.90. The van der Waals surface area contributed by atoms with Crippen LogP contribution in [0, 0.1) is 0 Å². The van der Waals surface area contributed by atoms with Crippen molar-refractivity contribution in [2.45, 2.75) is 11.8 Å². The summed E-state index contributed by atoms with van der Waals surface area (Å²) in [6, 6.07) is 11.0. The van der Waals surface area contributed by atoms with Gasteiger partial charge in [-0.2, -0.15) is 0 Å². The molecule has 5 nitrogen and oxygen atoms in total. The van der Waals surface area contributed by atoms with Crippen LogP contribution < -0.4 is 0 Å². The quantitative estimate of drug-likeness (QED) is 0.612. The monoisotopic (exact) mass is 361 g/mol. The van der Waals surface area contributed by atoms with E-state index >= 15 is 0 Å². The average molecular weight is 362 g/mol. The summed E-state index contributed by atoms with van der Waals surface area (Å²) in [5.41, 5.74) is 0.687. The first kappa shape index (κ1) is 16.5. The summed E-state index contributed by atoms with van der Waals surface area (Å²) >= 11 is 7.37. The minimum absolute atomic E-state index is 0.217. The van der Waals surface area contributed by atoms with Crippen LogP contribution in [-0.2, 0) is 4.84 Å². The molecule has 7 heteroatoms. The molecule has 0 saturated carbocycles. The molecule has 0 N–H and O–H groups in total. The molecule has 0 aromatic heterocycles. The predicted octanol–water partition coefficient (Wildman–Crippen LogP) is 3.82. The van der Waals surface area contributed by atoms with Crippen molar-refractivity contribution in [1.29, 1.82) is 0 Å². The standard InChI is InChI=1S/C17H12ClNO4S/c1-2-24-14-9-10(18)7-8-13(14)17(22)23-19-15(20)11-5-3-4-6-12(11)16(19)21/h3-9H,2H2,1H3. The van der Waals surface area contributed by atoms with E-state index in [1.165, 1.54) is 30.0 Å². The molecule has 1 heterocycles. The molecule has 2 aromatic carbocycles. The first-order valence-corrected chi connectivity index (χ1v) is 8.51. The van der Waals surface area contributed by atoms with E-state index in [4.69, 9.17) is 16.4 Å². The number of carbonyl (C=O) groups excluding carboxylic acids is 3. The van der Waals surface area contributed by atoms with E-state index in [9.17, 15) is 14.4 Å². The van der Waals surface area contributed by atoms with Crippen LogP contribution in [0.5, 0.6) is 0 Å². The van der Waals surface area contributed by atoms with Gasteiger partial charge >= 0.3 is 5.97 Å². The number of thioether (sulfide) groups is 1. The van der Waals surface area contributed by atoms with Gasteiger partial charge in [0, 0.05) is 9.92 Å². The molecular weight excluding hydrogens is 350 g/mol. The third-order valence-corrected chi connectivity index (χ3v) is 4.57. The Balaban J connectivity index is 1.87.